The van der Waals surface area contributed by atoms with Crippen molar-refractivity contribution in [3.63, 3.8) is 0 Å². The van der Waals surface area contributed by atoms with E-state index >= 15 is 0 Å². The van der Waals surface area contributed by atoms with Gasteiger partial charge in [-0.1, -0.05) is 0 Å². The van der Waals surface area contributed by atoms with E-state index in [-0.39, 0.29) is 0 Å². The Morgan fingerprint density at radius 1 is 0.545 bits per heavy atom. The molecule has 0 aliphatic heterocycles. The maximum absolute atomic E-state index is 5.47. The van der Waals surface area contributed by atoms with Crippen LogP contribution in [0.2, 0.25) is 0 Å². The van der Waals surface area contributed by atoms with Gasteiger partial charge in [0.1, 0.15) is 24.7 Å². The molecule has 0 radical (unpaired) electrons. The first-order valence-electron chi connectivity index (χ1n) is 7.16. The van der Waals surface area contributed by atoms with Crippen LogP contribution in [0.4, 0.5) is 0 Å². The zero-order valence-corrected chi connectivity index (χ0v) is 12.4. The van der Waals surface area contributed by atoms with Gasteiger partial charge in [-0.3, -0.25) is 9.97 Å². The molecule has 0 fully saturated rings. The molecule has 0 unspecified atom stereocenters. The average Bonchev–Trinajstić information content (AvgIpc) is 2.58. The van der Waals surface area contributed by atoms with Crippen molar-refractivity contribution in [2.75, 3.05) is 39.6 Å². The predicted molar refractivity (Wildman–Crippen MR) is 81.1 cm³/mol. The van der Waals surface area contributed by atoms with Crippen LogP contribution in [0.15, 0.2) is 49.1 Å². The summed E-state index contributed by atoms with van der Waals surface area (Å²) in [7, 11) is 0. The van der Waals surface area contributed by atoms with Crippen LogP contribution in [0, 0.1) is 0 Å². The monoisotopic (exact) mass is 304 g/mol. The van der Waals surface area contributed by atoms with E-state index in [0.717, 1.165) is 11.5 Å². The van der Waals surface area contributed by atoms with Crippen LogP contribution in [-0.2, 0) is 9.47 Å². The molecule has 0 saturated carbocycles. The van der Waals surface area contributed by atoms with Crippen LogP contribution >= 0.6 is 0 Å². The molecule has 2 rings (SSSR count). The lowest BCUT2D eigenvalue weighted by Gasteiger charge is -2.08. The minimum absolute atomic E-state index is 0.509. The summed E-state index contributed by atoms with van der Waals surface area (Å²) in [6.45, 7) is 3.15. The van der Waals surface area contributed by atoms with E-state index in [1.54, 1.807) is 24.8 Å². The van der Waals surface area contributed by atoms with Gasteiger partial charge in [-0.2, -0.15) is 0 Å². The number of pyridine rings is 2. The summed E-state index contributed by atoms with van der Waals surface area (Å²) in [5.74, 6) is 1.59. The minimum Gasteiger partial charge on any atom is -0.491 e. The van der Waals surface area contributed by atoms with Gasteiger partial charge in [0.15, 0.2) is 0 Å². The Kier molecular flexibility index (Phi) is 7.75. The second kappa shape index (κ2) is 10.5. The average molecular weight is 304 g/mol. The summed E-state index contributed by atoms with van der Waals surface area (Å²) >= 11 is 0. The lowest BCUT2D eigenvalue weighted by Crippen LogP contribution is -2.13. The van der Waals surface area contributed by atoms with E-state index in [4.69, 9.17) is 18.9 Å². The first kappa shape index (κ1) is 16.2. The van der Waals surface area contributed by atoms with Crippen LogP contribution < -0.4 is 9.47 Å². The van der Waals surface area contributed by atoms with Gasteiger partial charge in [0.25, 0.3) is 0 Å². The molecule has 2 aromatic rings. The second-order valence-corrected chi connectivity index (χ2v) is 4.29. The maximum Gasteiger partial charge on any atom is 0.122 e. The zero-order valence-electron chi connectivity index (χ0n) is 12.4. The van der Waals surface area contributed by atoms with Crippen molar-refractivity contribution in [1.29, 1.82) is 0 Å². The standard InChI is InChI=1S/C16H20N2O4/c1-5-17-6-2-15(1)21-13-11-19-9-10-20-12-14-22-16-3-7-18-8-4-16/h1-8H,9-14H2. The fourth-order valence-electron chi connectivity index (χ4n) is 1.63. The van der Waals surface area contributed by atoms with E-state index in [2.05, 4.69) is 9.97 Å². The molecule has 0 aliphatic carbocycles. The molecule has 0 amide bonds. The lowest BCUT2D eigenvalue weighted by atomic mass is 10.4. The summed E-state index contributed by atoms with van der Waals surface area (Å²) in [6, 6.07) is 7.25. The van der Waals surface area contributed by atoms with E-state index < -0.39 is 0 Å². The van der Waals surface area contributed by atoms with Crippen molar-refractivity contribution in [2.24, 2.45) is 0 Å². The maximum atomic E-state index is 5.47. The fraction of sp³-hybridized carbons (Fsp3) is 0.375. The van der Waals surface area contributed by atoms with Gasteiger partial charge in [0.2, 0.25) is 0 Å². The molecule has 6 heteroatoms. The SMILES string of the molecule is c1cc(OCCOCCOCCOc2ccncc2)ccn1. The highest BCUT2D eigenvalue weighted by molar-refractivity contribution is 5.17. The molecular weight excluding hydrogens is 284 g/mol. The van der Waals surface area contributed by atoms with Gasteiger partial charge in [0.05, 0.1) is 26.4 Å². The molecule has 22 heavy (non-hydrogen) atoms. The van der Waals surface area contributed by atoms with Gasteiger partial charge >= 0.3 is 0 Å². The van der Waals surface area contributed by atoms with Gasteiger partial charge in [-0.15, -0.1) is 0 Å². The number of nitrogens with zero attached hydrogens (tertiary/aromatic N) is 2. The Labute approximate surface area is 130 Å². The first-order valence-corrected chi connectivity index (χ1v) is 7.16. The minimum atomic E-state index is 0.509. The van der Waals surface area contributed by atoms with Crippen LogP contribution in [-0.4, -0.2) is 49.6 Å². The number of aromatic nitrogens is 2. The summed E-state index contributed by atoms with van der Waals surface area (Å²) in [5, 5.41) is 0. The molecular formula is C16H20N2O4. The molecule has 0 N–H and O–H groups in total. The normalized spacial score (nSPS) is 10.4. The van der Waals surface area contributed by atoms with E-state index in [0.29, 0.717) is 39.6 Å². The van der Waals surface area contributed by atoms with Gasteiger partial charge in [-0.25, -0.2) is 0 Å². The highest BCUT2D eigenvalue weighted by atomic mass is 16.6. The highest BCUT2D eigenvalue weighted by Crippen LogP contribution is 2.06. The second-order valence-electron chi connectivity index (χ2n) is 4.29. The predicted octanol–water partition coefficient (Wildman–Crippen LogP) is 1.97. The lowest BCUT2D eigenvalue weighted by molar-refractivity contribution is 0.0273. The Hall–Kier alpha value is -2.18. The van der Waals surface area contributed by atoms with Gasteiger partial charge in [0, 0.05) is 24.8 Å². The molecule has 0 aliphatic rings. The van der Waals surface area contributed by atoms with Crippen LogP contribution in [0.3, 0.4) is 0 Å². The third-order valence-electron chi connectivity index (χ3n) is 2.66. The van der Waals surface area contributed by atoms with Crippen molar-refractivity contribution < 1.29 is 18.9 Å². The van der Waals surface area contributed by atoms with E-state index in [9.17, 15) is 0 Å². The molecule has 118 valence electrons. The zero-order chi connectivity index (χ0) is 15.3. The number of hydrogen-bond acceptors (Lipinski definition) is 6. The molecule has 6 nitrogen and oxygen atoms in total. The van der Waals surface area contributed by atoms with Gasteiger partial charge < -0.3 is 18.9 Å². The summed E-state index contributed by atoms with van der Waals surface area (Å²) in [4.78, 5) is 7.83. The number of hydrogen-bond donors (Lipinski definition) is 0. The summed E-state index contributed by atoms with van der Waals surface area (Å²) < 4.78 is 21.7. The molecule has 0 bridgehead atoms. The van der Waals surface area contributed by atoms with E-state index in [1.165, 1.54) is 0 Å². The van der Waals surface area contributed by atoms with Crippen LogP contribution in [0.1, 0.15) is 0 Å². The largest absolute Gasteiger partial charge is 0.491 e. The molecule has 2 aromatic heterocycles. The quantitative estimate of drug-likeness (QED) is 0.591. The number of ether oxygens (including phenoxy) is 4. The first-order chi connectivity index (χ1) is 10.9. The third-order valence-corrected chi connectivity index (χ3v) is 2.66. The highest BCUT2D eigenvalue weighted by Gasteiger charge is 1.95. The Balaban J connectivity index is 1.37. The smallest absolute Gasteiger partial charge is 0.122 e. The molecule has 2 heterocycles. The Bertz CT molecular complexity index is 449. The fourth-order valence-corrected chi connectivity index (χ4v) is 1.63. The van der Waals surface area contributed by atoms with Crippen molar-refractivity contribution in [1.82, 2.24) is 9.97 Å². The van der Waals surface area contributed by atoms with Crippen LogP contribution in [0.5, 0.6) is 11.5 Å². The Morgan fingerprint density at radius 2 is 0.909 bits per heavy atom. The van der Waals surface area contributed by atoms with Crippen molar-refractivity contribution in [3.8, 4) is 11.5 Å². The third kappa shape index (κ3) is 7.01. The molecule has 0 spiro atoms. The van der Waals surface area contributed by atoms with Crippen molar-refractivity contribution in [2.45, 2.75) is 0 Å². The molecule has 0 aromatic carbocycles. The number of rotatable bonds is 11. The summed E-state index contributed by atoms with van der Waals surface area (Å²) in [5.41, 5.74) is 0. The van der Waals surface area contributed by atoms with Gasteiger partial charge in [-0.05, 0) is 24.3 Å². The summed E-state index contributed by atoms with van der Waals surface area (Å²) in [6.07, 6.45) is 6.77. The van der Waals surface area contributed by atoms with E-state index in [1.807, 2.05) is 24.3 Å². The molecule has 0 saturated heterocycles. The van der Waals surface area contributed by atoms with Crippen molar-refractivity contribution >= 4 is 0 Å². The van der Waals surface area contributed by atoms with Crippen LogP contribution in [0.25, 0.3) is 0 Å². The van der Waals surface area contributed by atoms with Crippen molar-refractivity contribution in [3.05, 3.63) is 49.1 Å². The molecule has 0 atom stereocenters. The Morgan fingerprint density at radius 3 is 1.32 bits per heavy atom. The topological polar surface area (TPSA) is 62.7 Å².